The van der Waals surface area contributed by atoms with E-state index in [1.54, 1.807) is 18.3 Å². The first-order valence-corrected chi connectivity index (χ1v) is 3.82. The fraction of sp³-hybridized carbons (Fsp3) is 0.375. The van der Waals surface area contributed by atoms with Gasteiger partial charge in [0.15, 0.2) is 0 Å². The van der Waals surface area contributed by atoms with E-state index < -0.39 is 0 Å². The van der Waals surface area contributed by atoms with E-state index in [0.29, 0.717) is 12.1 Å². The first-order valence-electron chi connectivity index (χ1n) is 3.82. The molecule has 12 heavy (non-hydrogen) atoms. The number of aromatic nitrogens is 1. The van der Waals surface area contributed by atoms with Gasteiger partial charge in [-0.2, -0.15) is 0 Å². The van der Waals surface area contributed by atoms with Crippen molar-refractivity contribution in [2.45, 2.75) is 12.5 Å². The van der Waals surface area contributed by atoms with Gasteiger partial charge in [-0.05, 0) is 18.6 Å². The zero-order chi connectivity index (χ0) is 8.97. The zero-order valence-corrected chi connectivity index (χ0v) is 6.77. The molecule has 0 amide bonds. The largest absolute Gasteiger partial charge is 0.399 e. The lowest BCUT2D eigenvalue weighted by molar-refractivity contribution is 0.275. The molecule has 0 aromatic carbocycles. The zero-order valence-electron chi connectivity index (χ0n) is 6.77. The van der Waals surface area contributed by atoms with Crippen molar-refractivity contribution >= 4 is 5.69 Å². The van der Waals surface area contributed by atoms with Gasteiger partial charge in [0.1, 0.15) is 0 Å². The van der Waals surface area contributed by atoms with E-state index in [4.69, 9.17) is 16.6 Å². The van der Waals surface area contributed by atoms with Gasteiger partial charge in [0, 0.05) is 24.5 Å². The molecule has 0 saturated heterocycles. The Labute approximate surface area is 71.2 Å². The first kappa shape index (κ1) is 8.96. The van der Waals surface area contributed by atoms with Crippen LogP contribution < -0.4 is 11.5 Å². The van der Waals surface area contributed by atoms with E-state index in [1.165, 1.54) is 0 Å². The van der Waals surface area contributed by atoms with Crippen LogP contribution in [0.15, 0.2) is 18.3 Å². The molecule has 1 aromatic heterocycles. The van der Waals surface area contributed by atoms with Crippen LogP contribution in [0.5, 0.6) is 0 Å². The van der Waals surface area contributed by atoms with Gasteiger partial charge in [0.25, 0.3) is 0 Å². The number of aliphatic hydroxyl groups is 1. The summed E-state index contributed by atoms with van der Waals surface area (Å²) in [5.41, 5.74) is 12.6. The summed E-state index contributed by atoms with van der Waals surface area (Å²) in [6.07, 6.45) is 2.12. The summed E-state index contributed by atoms with van der Waals surface area (Å²) >= 11 is 0. The summed E-state index contributed by atoms with van der Waals surface area (Å²) in [6, 6.07) is 3.20. The van der Waals surface area contributed by atoms with E-state index >= 15 is 0 Å². The molecule has 1 heterocycles. The molecule has 0 spiro atoms. The standard InChI is InChI=1S/C8H13N3O/c9-6-1-3-11-8(5-6)7(10)2-4-12/h1,3,5,7,12H,2,4,10H2,(H2,9,11). The minimum atomic E-state index is -0.224. The number of hydrogen-bond donors (Lipinski definition) is 3. The number of aliphatic hydroxyl groups excluding tert-OH is 1. The van der Waals surface area contributed by atoms with Crippen LogP contribution in [0.1, 0.15) is 18.2 Å². The highest BCUT2D eigenvalue weighted by molar-refractivity contribution is 5.37. The maximum Gasteiger partial charge on any atom is 0.0592 e. The van der Waals surface area contributed by atoms with Gasteiger partial charge in [-0.1, -0.05) is 0 Å². The van der Waals surface area contributed by atoms with E-state index in [2.05, 4.69) is 4.98 Å². The highest BCUT2D eigenvalue weighted by Crippen LogP contribution is 2.12. The van der Waals surface area contributed by atoms with Gasteiger partial charge in [-0.3, -0.25) is 4.98 Å². The lowest BCUT2D eigenvalue weighted by atomic mass is 10.1. The number of nitrogens with zero attached hydrogens (tertiary/aromatic N) is 1. The van der Waals surface area contributed by atoms with Crippen molar-refractivity contribution in [2.24, 2.45) is 5.73 Å². The van der Waals surface area contributed by atoms with Crippen LogP contribution in [-0.4, -0.2) is 16.7 Å². The van der Waals surface area contributed by atoms with Crippen LogP contribution in [0.25, 0.3) is 0 Å². The molecule has 0 aliphatic rings. The summed E-state index contributed by atoms with van der Waals surface area (Å²) in [7, 11) is 0. The Hall–Kier alpha value is -1.13. The van der Waals surface area contributed by atoms with Crippen molar-refractivity contribution in [3.63, 3.8) is 0 Å². The molecule has 4 heteroatoms. The normalized spacial score (nSPS) is 12.8. The van der Waals surface area contributed by atoms with E-state index in [0.717, 1.165) is 5.69 Å². The molecule has 0 aliphatic heterocycles. The number of nitrogen functional groups attached to an aromatic ring is 1. The summed E-state index contributed by atoms with van der Waals surface area (Å²) in [5, 5.41) is 8.63. The summed E-state index contributed by atoms with van der Waals surface area (Å²) in [6.45, 7) is 0.0671. The van der Waals surface area contributed by atoms with E-state index in [1.807, 2.05) is 0 Å². The molecule has 4 nitrogen and oxygen atoms in total. The molecule has 0 fully saturated rings. The Balaban J connectivity index is 2.73. The molecule has 5 N–H and O–H groups in total. The van der Waals surface area contributed by atoms with Crippen LogP contribution in [0.3, 0.4) is 0 Å². The van der Waals surface area contributed by atoms with Gasteiger partial charge < -0.3 is 16.6 Å². The lowest BCUT2D eigenvalue weighted by Gasteiger charge is -2.08. The Morgan fingerprint density at radius 1 is 1.58 bits per heavy atom. The molecular formula is C8H13N3O. The molecule has 0 aliphatic carbocycles. The number of anilines is 1. The van der Waals surface area contributed by atoms with Crippen molar-refractivity contribution in [2.75, 3.05) is 12.3 Å². The quantitative estimate of drug-likeness (QED) is 0.593. The van der Waals surface area contributed by atoms with Crippen molar-refractivity contribution < 1.29 is 5.11 Å². The second-order valence-corrected chi connectivity index (χ2v) is 2.63. The topological polar surface area (TPSA) is 85.2 Å². The Bertz CT molecular complexity index is 252. The summed E-state index contributed by atoms with van der Waals surface area (Å²) < 4.78 is 0. The Kier molecular flexibility index (Phi) is 3.01. The van der Waals surface area contributed by atoms with Gasteiger partial charge in [0.05, 0.1) is 5.69 Å². The number of nitrogens with two attached hydrogens (primary N) is 2. The molecule has 0 saturated carbocycles. The molecule has 0 radical (unpaired) electrons. The van der Waals surface area contributed by atoms with Crippen molar-refractivity contribution in [1.29, 1.82) is 0 Å². The Morgan fingerprint density at radius 2 is 2.33 bits per heavy atom. The second kappa shape index (κ2) is 4.04. The SMILES string of the molecule is Nc1ccnc(C(N)CCO)c1. The third-order valence-corrected chi connectivity index (χ3v) is 1.63. The van der Waals surface area contributed by atoms with Crippen molar-refractivity contribution in [1.82, 2.24) is 4.98 Å². The van der Waals surface area contributed by atoms with Crippen LogP contribution >= 0.6 is 0 Å². The average Bonchev–Trinajstić information content (AvgIpc) is 2.05. The monoisotopic (exact) mass is 167 g/mol. The number of pyridine rings is 1. The van der Waals surface area contributed by atoms with Crippen LogP contribution in [0.2, 0.25) is 0 Å². The fourth-order valence-electron chi connectivity index (χ4n) is 0.955. The third-order valence-electron chi connectivity index (χ3n) is 1.63. The Morgan fingerprint density at radius 3 is 2.92 bits per heavy atom. The second-order valence-electron chi connectivity index (χ2n) is 2.63. The number of hydrogen-bond acceptors (Lipinski definition) is 4. The molecule has 1 rings (SSSR count). The average molecular weight is 167 g/mol. The fourth-order valence-corrected chi connectivity index (χ4v) is 0.955. The van der Waals surface area contributed by atoms with Crippen molar-refractivity contribution in [3.8, 4) is 0 Å². The third kappa shape index (κ3) is 2.18. The molecule has 1 aromatic rings. The summed E-state index contributed by atoms with van der Waals surface area (Å²) in [5.74, 6) is 0. The van der Waals surface area contributed by atoms with Crippen molar-refractivity contribution in [3.05, 3.63) is 24.0 Å². The van der Waals surface area contributed by atoms with Gasteiger partial charge in [-0.15, -0.1) is 0 Å². The highest BCUT2D eigenvalue weighted by atomic mass is 16.3. The van der Waals surface area contributed by atoms with Crippen LogP contribution in [-0.2, 0) is 0 Å². The van der Waals surface area contributed by atoms with Crippen LogP contribution in [0.4, 0.5) is 5.69 Å². The van der Waals surface area contributed by atoms with E-state index in [9.17, 15) is 0 Å². The molecule has 66 valence electrons. The predicted molar refractivity (Wildman–Crippen MR) is 47.3 cm³/mol. The van der Waals surface area contributed by atoms with Gasteiger partial charge >= 0.3 is 0 Å². The maximum atomic E-state index is 8.63. The lowest BCUT2D eigenvalue weighted by Crippen LogP contribution is -2.13. The molecular weight excluding hydrogens is 154 g/mol. The van der Waals surface area contributed by atoms with Gasteiger partial charge in [0.2, 0.25) is 0 Å². The predicted octanol–water partition coefficient (Wildman–Crippen LogP) is 0.0460. The van der Waals surface area contributed by atoms with E-state index in [-0.39, 0.29) is 12.6 Å². The molecule has 0 bridgehead atoms. The molecule has 1 atom stereocenters. The highest BCUT2D eigenvalue weighted by Gasteiger charge is 2.05. The first-order chi connectivity index (χ1) is 5.74. The smallest absolute Gasteiger partial charge is 0.0592 e. The van der Waals surface area contributed by atoms with Gasteiger partial charge in [-0.25, -0.2) is 0 Å². The maximum absolute atomic E-state index is 8.63. The summed E-state index contributed by atoms with van der Waals surface area (Å²) in [4.78, 5) is 4.04. The van der Waals surface area contributed by atoms with Crippen LogP contribution in [0, 0.1) is 0 Å². The number of rotatable bonds is 3. The minimum Gasteiger partial charge on any atom is -0.399 e. The minimum absolute atomic E-state index is 0.0671. The molecule has 1 unspecified atom stereocenters.